The number of aliphatic hydroxyl groups excluding tert-OH is 1. The standard InChI is InChI=1S/C14H22N2O2/c1-5-10-8-15-7-6-11(10)13(18)16-9-12(17)14(2,3)4/h6-8,12,17H,5,9H2,1-4H3,(H,16,18). The summed E-state index contributed by atoms with van der Waals surface area (Å²) in [7, 11) is 0. The zero-order chi connectivity index (χ0) is 13.8. The minimum atomic E-state index is -0.562. The SMILES string of the molecule is CCc1cnccc1C(=O)NCC(O)C(C)(C)C. The molecule has 1 heterocycles. The maximum Gasteiger partial charge on any atom is 0.251 e. The largest absolute Gasteiger partial charge is 0.391 e. The second-order valence-electron chi connectivity index (χ2n) is 5.48. The van der Waals surface area contributed by atoms with Crippen LogP contribution < -0.4 is 5.32 Å². The lowest BCUT2D eigenvalue weighted by atomic mass is 9.89. The van der Waals surface area contributed by atoms with E-state index in [-0.39, 0.29) is 17.9 Å². The van der Waals surface area contributed by atoms with E-state index in [0.29, 0.717) is 5.56 Å². The molecule has 0 saturated heterocycles. The van der Waals surface area contributed by atoms with Crippen molar-refractivity contribution in [2.75, 3.05) is 6.54 Å². The van der Waals surface area contributed by atoms with Crippen molar-refractivity contribution in [3.63, 3.8) is 0 Å². The first-order valence-electron chi connectivity index (χ1n) is 6.25. The van der Waals surface area contributed by atoms with Gasteiger partial charge in [0.2, 0.25) is 0 Å². The van der Waals surface area contributed by atoms with Gasteiger partial charge in [-0.2, -0.15) is 0 Å². The molecule has 1 amide bonds. The van der Waals surface area contributed by atoms with Gasteiger partial charge in [0, 0.05) is 24.5 Å². The fourth-order valence-corrected chi connectivity index (χ4v) is 1.52. The summed E-state index contributed by atoms with van der Waals surface area (Å²) in [5.74, 6) is -0.155. The number of hydrogen-bond donors (Lipinski definition) is 2. The van der Waals surface area contributed by atoms with Gasteiger partial charge in [-0.1, -0.05) is 27.7 Å². The van der Waals surface area contributed by atoms with Crippen molar-refractivity contribution in [3.05, 3.63) is 29.6 Å². The zero-order valence-corrected chi connectivity index (χ0v) is 11.5. The Morgan fingerprint density at radius 1 is 1.50 bits per heavy atom. The molecule has 1 unspecified atom stereocenters. The Morgan fingerprint density at radius 3 is 2.72 bits per heavy atom. The molecule has 0 bridgehead atoms. The Hall–Kier alpha value is -1.42. The molecule has 0 fully saturated rings. The van der Waals surface area contributed by atoms with Gasteiger partial charge in [0.15, 0.2) is 0 Å². The molecular weight excluding hydrogens is 228 g/mol. The molecule has 18 heavy (non-hydrogen) atoms. The second-order valence-corrected chi connectivity index (χ2v) is 5.48. The van der Waals surface area contributed by atoms with Gasteiger partial charge in [0.05, 0.1) is 6.10 Å². The minimum absolute atomic E-state index is 0.155. The summed E-state index contributed by atoms with van der Waals surface area (Å²) in [4.78, 5) is 16.0. The Labute approximate surface area is 108 Å². The number of aromatic nitrogens is 1. The molecule has 4 nitrogen and oxygen atoms in total. The summed E-state index contributed by atoms with van der Waals surface area (Å²) in [5.41, 5.74) is 1.31. The van der Waals surface area contributed by atoms with Gasteiger partial charge < -0.3 is 10.4 Å². The lowest BCUT2D eigenvalue weighted by molar-refractivity contribution is 0.0586. The van der Waals surface area contributed by atoms with Crippen molar-refractivity contribution < 1.29 is 9.90 Å². The monoisotopic (exact) mass is 250 g/mol. The van der Waals surface area contributed by atoms with Crippen LogP contribution in [-0.4, -0.2) is 28.6 Å². The van der Waals surface area contributed by atoms with Gasteiger partial charge in [0.1, 0.15) is 0 Å². The first kappa shape index (κ1) is 14.6. The predicted octanol–water partition coefficient (Wildman–Crippen LogP) is 1.78. The number of aliphatic hydroxyl groups is 1. The number of hydrogen-bond acceptors (Lipinski definition) is 3. The van der Waals surface area contributed by atoms with Crippen LogP contribution >= 0.6 is 0 Å². The molecule has 2 N–H and O–H groups in total. The summed E-state index contributed by atoms with van der Waals surface area (Å²) in [5, 5.41) is 12.6. The first-order valence-corrected chi connectivity index (χ1v) is 6.25. The topological polar surface area (TPSA) is 62.2 Å². The molecule has 100 valence electrons. The van der Waals surface area contributed by atoms with Crippen LogP contribution in [-0.2, 0) is 6.42 Å². The Kier molecular flexibility index (Phi) is 4.84. The Balaban J connectivity index is 2.66. The molecule has 0 radical (unpaired) electrons. The summed E-state index contributed by atoms with van der Waals surface area (Å²) in [6.45, 7) is 8.06. The molecule has 1 atom stereocenters. The van der Waals surface area contributed by atoms with Gasteiger partial charge in [0.25, 0.3) is 5.91 Å². The summed E-state index contributed by atoms with van der Waals surface area (Å²) in [6.07, 6.45) is 3.51. The molecule has 4 heteroatoms. The highest BCUT2D eigenvalue weighted by Gasteiger charge is 2.22. The van der Waals surface area contributed by atoms with E-state index in [0.717, 1.165) is 12.0 Å². The fourth-order valence-electron chi connectivity index (χ4n) is 1.52. The zero-order valence-electron chi connectivity index (χ0n) is 11.5. The fraction of sp³-hybridized carbons (Fsp3) is 0.571. The first-order chi connectivity index (χ1) is 8.36. The Bertz CT molecular complexity index is 411. The van der Waals surface area contributed by atoms with Crippen molar-refractivity contribution in [2.24, 2.45) is 5.41 Å². The third kappa shape index (κ3) is 3.81. The highest BCUT2D eigenvalue weighted by Crippen LogP contribution is 2.18. The summed E-state index contributed by atoms with van der Waals surface area (Å²) >= 11 is 0. The average molecular weight is 250 g/mol. The van der Waals surface area contributed by atoms with Crippen LogP contribution in [0.15, 0.2) is 18.5 Å². The average Bonchev–Trinajstić information content (AvgIpc) is 2.34. The second kappa shape index (κ2) is 5.96. The molecule has 0 spiro atoms. The van der Waals surface area contributed by atoms with E-state index in [1.54, 1.807) is 18.5 Å². The number of carbonyl (C=O) groups excluding carboxylic acids is 1. The lowest BCUT2D eigenvalue weighted by Crippen LogP contribution is -2.39. The van der Waals surface area contributed by atoms with Gasteiger partial charge in [-0.25, -0.2) is 0 Å². The van der Waals surface area contributed by atoms with E-state index >= 15 is 0 Å². The number of carbonyl (C=O) groups is 1. The van der Waals surface area contributed by atoms with Gasteiger partial charge in [-0.3, -0.25) is 9.78 Å². The predicted molar refractivity (Wildman–Crippen MR) is 71.4 cm³/mol. The Morgan fingerprint density at radius 2 is 2.17 bits per heavy atom. The van der Waals surface area contributed by atoms with Crippen LogP contribution in [0.25, 0.3) is 0 Å². The van der Waals surface area contributed by atoms with Crippen molar-refractivity contribution in [3.8, 4) is 0 Å². The number of nitrogens with one attached hydrogen (secondary N) is 1. The number of pyridine rings is 1. The highest BCUT2D eigenvalue weighted by atomic mass is 16.3. The van der Waals surface area contributed by atoms with E-state index in [1.807, 2.05) is 27.7 Å². The van der Waals surface area contributed by atoms with Gasteiger partial charge in [-0.15, -0.1) is 0 Å². The van der Waals surface area contributed by atoms with E-state index in [1.165, 1.54) is 0 Å². The maximum absolute atomic E-state index is 12.0. The van der Waals surface area contributed by atoms with Crippen LogP contribution in [0.4, 0.5) is 0 Å². The molecule has 0 aliphatic heterocycles. The van der Waals surface area contributed by atoms with Crippen LogP contribution in [0, 0.1) is 5.41 Å². The molecule has 1 aromatic rings. The third-order valence-corrected chi connectivity index (χ3v) is 2.98. The molecule has 0 aromatic carbocycles. The van der Waals surface area contributed by atoms with Crippen molar-refractivity contribution in [1.82, 2.24) is 10.3 Å². The van der Waals surface area contributed by atoms with Gasteiger partial charge >= 0.3 is 0 Å². The molecule has 1 rings (SSSR count). The summed E-state index contributed by atoms with van der Waals surface area (Å²) < 4.78 is 0. The molecule has 1 aromatic heterocycles. The molecule has 0 aliphatic carbocycles. The van der Waals surface area contributed by atoms with Crippen LogP contribution in [0.5, 0.6) is 0 Å². The van der Waals surface area contributed by atoms with Gasteiger partial charge in [-0.05, 0) is 23.5 Å². The summed E-state index contributed by atoms with van der Waals surface area (Å²) in [6, 6.07) is 1.71. The van der Waals surface area contributed by atoms with Crippen molar-refractivity contribution in [2.45, 2.75) is 40.2 Å². The van der Waals surface area contributed by atoms with E-state index in [4.69, 9.17) is 0 Å². The number of rotatable bonds is 4. The van der Waals surface area contributed by atoms with E-state index < -0.39 is 6.10 Å². The van der Waals surface area contributed by atoms with Crippen LogP contribution in [0.2, 0.25) is 0 Å². The number of amides is 1. The number of nitrogens with zero attached hydrogens (tertiary/aromatic N) is 1. The maximum atomic E-state index is 12.0. The van der Waals surface area contributed by atoms with E-state index in [2.05, 4.69) is 10.3 Å². The van der Waals surface area contributed by atoms with Crippen molar-refractivity contribution in [1.29, 1.82) is 0 Å². The third-order valence-electron chi connectivity index (χ3n) is 2.98. The number of aryl methyl sites for hydroxylation is 1. The lowest BCUT2D eigenvalue weighted by Gasteiger charge is -2.26. The van der Waals surface area contributed by atoms with Crippen LogP contribution in [0.1, 0.15) is 43.6 Å². The molecular formula is C14H22N2O2. The molecule has 0 aliphatic rings. The van der Waals surface area contributed by atoms with Crippen LogP contribution in [0.3, 0.4) is 0 Å². The molecule has 0 saturated carbocycles. The highest BCUT2D eigenvalue weighted by molar-refractivity contribution is 5.95. The van der Waals surface area contributed by atoms with E-state index in [9.17, 15) is 9.90 Å². The smallest absolute Gasteiger partial charge is 0.251 e. The minimum Gasteiger partial charge on any atom is -0.391 e. The van der Waals surface area contributed by atoms with Crippen molar-refractivity contribution >= 4 is 5.91 Å². The normalized spacial score (nSPS) is 13.2. The quantitative estimate of drug-likeness (QED) is 0.856.